The molecule has 1 aromatic carbocycles. The Labute approximate surface area is 142 Å². The van der Waals surface area contributed by atoms with Crippen LogP contribution in [0.2, 0.25) is 5.02 Å². The Morgan fingerprint density at radius 1 is 1.26 bits per heavy atom. The fourth-order valence-corrected chi connectivity index (χ4v) is 3.48. The predicted octanol–water partition coefficient (Wildman–Crippen LogP) is 3.28. The Balaban J connectivity index is 1.54. The molecule has 5 heteroatoms. The summed E-state index contributed by atoms with van der Waals surface area (Å²) in [6.45, 7) is 6.01. The molecule has 1 heterocycles. The molecule has 4 nitrogen and oxygen atoms in total. The van der Waals surface area contributed by atoms with Gasteiger partial charge in [0.15, 0.2) is 5.79 Å². The van der Waals surface area contributed by atoms with Crippen molar-refractivity contribution in [1.82, 2.24) is 5.32 Å². The highest BCUT2D eigenvalue weighted by molar-refractivity contribution is 6.30. The third-order valence-electron chi connectivity index (χ3n) is 4.81. The van der Waals surface area contributed by atoms with Gasteiger partial charge in [0.05, 0.1) is 18.6 Å². The predicted molar refractivity (Wildman–Crippen MR) is 89.5 cm³/mol. The molecule has 3 rings (SSSR count). The van der Waals surface area contributed by atoms with E-state index < -0.39 is 5.79 Å². The quantitative estimate of drug-likeness (QED) is 0.866. The van der Waals surface area contributed by atoms with Gasteiger partial charge in [0.25, 0.3) is 0 Å². The highest BCUT2D eigenvalue weighted by atomic mass is 35.5. The van der Waals surface area contributed by atoms with Crippen LogP contribution < -0.4 is 5.32 Å². The number of carbonyl (C=O) groups excluding carboxylic acids is 1. The maximum absolute atomic E-state index is 12.6. The Morgan fingerprint density at radius 3 is 2.43 bits per heavy atom. The van der Waals surface area contributed by atoms with Crippen LogP contribution in [0.1, 0.15) is 38.7 Å². The van der Waals surface area contributed by atoms with Crippen molar-refractivity contribution in [1.29, 1.82) is 0 Å². The zero-order chi connectivity index (χ0) is 16.5. The SMILES string of the molecule is C[C@@H](CNC(=O)C1(c2ccc(Cl)cc2)CC1)CC1(C)OCCO1. The first-order valence-electron chi connectivity index (χ1n) is 8.26. The van der Waals surface area contributed by atoms with E-state index in [9.17, 15) is 4.79 Å². The summed E-state index contributed by atoms with van der Waals surface area (Å²) < 4.78 is 11.3. The van der Waals surface area contributed by atoms with Crippen molar-refractivity contribution in [3.05, 3.63) is 34.9 Å². The molecular formula is C18H24ClNO3. The Bertz CT molecular complexity index is 562. The molecule has 0 unspecified atom stereocenters. The molecule has 1 atom stereocenters. The lowest BCUT2D eigenvalue weighted by atomic mass is 9.94. The number of nitrogens with one attached hydrogen (secondary N) is 1. The van der Waals surface area contributed by atoms with Crippen LogP contribution in [-0.4, -0.2) is 31.5 Å². The molecule has 2 fully saturated rings. The highest BCUT2D eigenvalue weighted by Gasteiger charge is 2.51. The monoisotopic (exact) mass is 337 g/mol. The second-order valence-electron chi connectivity index (χ2n) is 6.94. The van der Waals surface area contributed by atoms with Crippen molar-refractivity contribution in [3.8, 4) is 0 Å². The van der Waals surface area contributed by atoms with Crippen LogP contribution in [0.25, 0.3) is 0 Å². The van der Waals surface area contributed by atoms with Crippen molar-refractivity contribution >= 4 is 17.5 Å². The molecule has 126 valence electrons. The lowest BCUT2D eigenvalue weighted by Crippen LogP contribution is -2.39. The average molecular weight is 338 g/mol. The molecule has 0 aromatic heterocycles. The zero-order valence-corrected chi connectivity index (χ0v) is 14.5. The van der Waals surface area contributed by atoms with Crippen molar-refractivity contribution in [2.24, 2.45) is 5.92 Å². The second-order valence-corrected chi connectivity index (χ2v) is 7.38. The van der Waals surface area contributed by atoms with Gasteiger partial charge in [0, 0.05) is 18.0 Å². The maximum Gasteiger partial charge on any atom is 0.230 e. The summed E-state index contributed by atoms with van der Waals surface area (Å²) in [7, 11) is 0. The summed E-state index contributed by atoms with van der Waals surface area (Å²) in [5.74, 6) is -0.0921. The smallest absolute Gasteiger partial charge is 0.230 e. The van der Waals surface area contributed by atoms with Crippen molar-refractivity contribution in [3.63, 3.8) is 0 Å². The summed E-state index contributed by atoms with van der Waals surface area (Å²) in [6, 6.07) is 7.62. The van der Waals surface area contributed by atoms with Crippen LogP contribution in [-0.2, 0) is 19.7 Å². The van der Waals surface area contributed by atoms with E-state index in [-0.39, 0.29) is 11.3 Å². The number of benzene rings is 1. The van der Waals surface area contributed by atoms with Gasteiger partial charge in [-0.1, -0.05) is 30.7 Å². The van der Waals surface area contributed by atoms with Gasteiger partial charge in [0.2, 0.25) is 5.91 Å². The number of hydrogen-bond acceptors (Lipinski definition) is 3. The van der Waals surface area contributed by atoms with E-state index in [2.05, 4.69) is 12.2 Å². The number of ether oxygens (including phenoxy) is 2. The van der Waals surface area contributed by atoms with Gasteiger partial charge < -0.3 is 14.8 Å². The molecule has 1 aliphatic heterocycles. The molecule has 2 aliphatic rings. The summed E-state index contributed by atoms with van der Waals surface area (Å²) in [4.78, 5) is 12.6. The number of amides is 1. The van der Waals surface area contributed by atoms with Gasteiger partial charge in [-0.25, -0.2) is 0 Å². The number of hydrogen-bond donors (Lipinski definition) is 1. The van der Waals surface area contributed by atoms with E-state index in [4.69, 9.17) is 21.1 Å². The Hall–Kier alpha value is -1.10. The number of halogens is 1. The summed E-state index contributed by atoms with van der Waals surface area (Å²) >= 11 is 5.93. The molecule has 1 aromatic rings. The number of rotatable bonds is 6. The molecule has 0 spiro atoms. The lowest BCUT2D eigenvalue weighted by Gasteiger charge is -2.26. The van der Waals surface area contributed by atoms with Crippen molar-refractivity contribution in [2.75, 3.05) is 19.8 Å². The maximum atomic E-state index is 12.6. The van der Waals surface area contributed by atoms with E-state index in [0.717, 1.165) is 24.8 Å². The molecule has 1 aliphatic carbocycles. The molecule has 0 bridgehead atoms. The standard InChI is InChI=1S/C18H24ClNO3/c1-13(11-17(2)22-9-10-23-17)12-20-16(21)18(7-8-18)14-3-5-15(19)6-4-14/h3-6,13H,7-12H2,1-2H3,(H,20,21)/t13-/m1/s1. The third kappa shape index (κ3) is 3.70. The average Bonchev–Trinajstić information content (AvgIpc) is 3.22. The van der Waals surface area contributed by atoms with Gasteiger partial charge in [-0.15, -0.1) is 0 Å². The largest absolute Gasteiger partial charge is 0.355 e. The van der Waals surface area contributed by atoms with E-state index in [1.807, 2.05) is 31.2 Å². The lowest BCUT2D eigenvalue weighted by molar-refractivity contribution is -0.154. The summed E-state index contributed by atoms with van der Waals surface area (Å²) in [5, 5.41) is 3.80. The van der Waals surface area contributed by atoms with Crippen LogP contribution in [0.15, 0.2) is 24.3 Å². The molecule has 0 radical (unpaired) electrons. The van der Waals surface area contributed by atoms with Crippen LogP contribution in [0, 0.1) is 5.92 Å². The van der Waals surface area contributed by atoms with E-state index in [1.165, 1.54) is 0 Å². The first kappa shape index (κ1) is 16.7. The van der Waals surface area contributed by atoms with Crippen LogP contribution in [0.4, 0.5) is 0 Å². The van der Waals surface area contributed by atoms with Gasteiger partial charge in [-0.2, -0.15) is 0 Å². The second kappa shape index (κ2) is 6.42. The zero-order valence-electron chi connectivity index (χ0n) is 13.7. The van der Waals surface area contributed by atoms with Crippen LogP contribution >= 0.6 is 11.6 Å². The van der Waals surface area contributed by atoms with Crippen molar-refractivity contribution in [2.45, 2.75) is 44.3 Å². The van der Waals surface area contributed by atoms with Gasteiger partial charge >= 0.3 is 0 Å². The van der Waals surface area contributed by atoms with E-state index >= 15 is 0 Å². The first-order valence-corrected chi connectivity index (χ1v) is 8.64. The topological polar surface area (TPSA) is 47.6 Å². The fourth-order valence-electron chi connectivity index (χ4n) is 3.36. The van der Waals surface area contributed by atoms with Crippen LogP contribution in [0.5, 0.6) is 0 Å². The van der Waals surface area contributed by atoms with Crippen molar-refractivity contribution < 1.29 is 14.3 Å². The Kier molecular flexibility index (Phi) is 4.68. The Morgan fingerprint density at radius 2 is 1.87 bits per heavy atom. The summed E-state index contributed by atoms with van der Waals surface area (Å²) in [5.41, 5.74) is 0.704. The summed E-state index contributed by atoms with van der Waals surface area (Å²) in [6.07, 6.45) is 2.58. The molecule has 23 heavy (non-hydrogen) atoms. The molecular weight excluding hydrogens is 314 g/mol. The number of carbonyl (C=O) groups is 1. The van der Waals surface area contributed by atoms with Gasteiger partial charge in [0.1, 0.15) is 0 Å². The molecule has 1 N–H and O–H groups in total. The minimum absolute atomic E-state index is 0.116. The molecule has 1 saturated heterocycles. The minimum atomic E-state index is -0.502. The highest BCUT2D eigenvalue weighted by Crippen LogP contribution is 2.48. The van der Waals surface area contributed by atoms with E-state index in [0.29, 0.717) is 30.7 Å². The first-order chi connectivity index (χ1) is 10.9. The van der Waals surface area contributed by atoms with Gasteiger partial charge in [-0.05, 0) is 43.4 Å². The third-order valence-corrected chi connectivity index (χ3v) is 5.06. The van der Waals surface area contributed by atoms with Crippen LogP contribution in [0.3, 0.4) is 0 Å². The van der Waals surface area contributed by atoms with Gasteiger partial charge in [-0.3, -0.25) is 4.79 Å². The van der Waals surface area contributed by atoms with E-state index in [1.54, 1.807) is 0 Å². The molecule has 1 amide bonds. The molecule has 1 saturated carbocycles. The fraction of sp³-hybridized carbons (Fsp3) is 0.611. The normalized spacial score (nSPS) is 22.6. The minimum Gasteiger partial charge on any atom is -0.355 e.